The van der Waals surface area contributed by atoms with Gasteiger partial charge in [-0.1, -0.05) is 27.7 Å². The first kappa shape index (κ1) is 13.4. The third kappa shape index (κ3) is 2.30. The summed E-state index contributed by atoms with van der Waals surface area (Å²) in [6.07, 6.45) is 0.735. The molecule has 1 aromatic carbocycles. The quantitative estimate of drug-likeness (QED) is 0.851. The SMILES string of the molecule is C[C@@]1(c2cc(Br)ccc2F)CC2(COC2)SC(N)=N1. The van der Waals surface area contributed by atoms with Crippen molar-refractivity contribution in [3.8, 4) is 0 Å². The van der Waals surface area contributed by atoms with Crippen molar-refractivity contribution in [1.82, 2.24) is 0 Å². The summed E-state index contributed by atoms with van der Waals surface area (Å²) >= 11 is 4.94. The average molecular weight is 345 g/mol. The topological polar surface area (TPSA) is 47.6 Å². The number of nitrogens with two attached hydrogens (primary N) is 1. The molecule has 2 N–H and O–H groups in total. The maximum absolute atomic E-state index is 14.1. The summed E-state index contributed by atoms with van der Waals surface area (Å²) in [5, 5.41) is 0.511. The van der Waals surface area contributed by atoms with Crippen molar-refractivity contribution >= 4 is 32.9 Å². The Labute approximate surface area is 123 Å². The molecule has 2 aliphatic rings. The van der Waals surface area contributed by atoms with Crippen molar-refractivity contribution in [2.45, 2.75) is 23.6 Å². The van der Waals surface area contributed by atoms with Gasteiger partial charge in [-0.25, -0.2) is 4.39 Å². The number of nitrogens with zero attached hydrogens (tertiary/aromatic N) is 1. The minimum atomic E-state index is -0.632. The molecule has 19 heavy (non-hydrogen) atoms. The summed E-state index contributed by atoms with van der Waals surface area (Å²) in [5.41, 5.74) is 5.89. The minimum Gasteiger partial charge on any atom is -0.378 e. The molecule has 0 radical (unpaired) electrons. The predicted molar refractivity (Wildman–Crippen MR) is 78.8 cm³/mol. The lowest BCUT2D eigenvalue weighted by Gasteiger charge is -2.48. The van der Waals surface area contributed by atoms with Crippen LogP contribution in [0.2, 0.25) is 0 Å². The van der Waals surface area contributed by atoms with Gasteiger partial charge in [-0.15, -0.1) is 0 Å². The molecule has 102 valence electrons. The molecule has 0 aromatic heterocycles. The number of rotatable bonds is 1. The van der Waals surface area contributed by atoms with Gasteiger partial charge in [-0.05, 0) is 31.5 Å². The van der Waals surface area contributed by atoms with Gasteiger partial charge >= 0.3 is 0 Å². The maximum Gasteiger partial charge on any atom is 0.155 e. The smallest absolute Gasteiger partial charge is 0.155 e. The lowest BCUT2D eigenvalue weighted by Crippen LogP contribution is -2.54. The normalized spacial score (nSPS) is 28.9. The molecular formula is C13H14BrFN2OS. The number of halogens is 2. The molecule has 1 aromatic rings. The molecular weight excluding hydrogens is 331 g/mol. The Morgan fingerprint density at radius 2 is 2.21 bits per heavy atom. The van der Waals surface area contributed by atoms with Gasteiger partial charge in [-0.2, -0.15) is 0 Å². The van der Waals surface area contributed by atoms with E-state index in [4.69, 9.17) is 10.5 Å². The van der Waals surface area contributed by atoms with Crippen LogP contribution in [0.15, 0.2) is 27.7 Å². The maximum atomic E-state index is 14.1. The van der Waals surface area contributed by atoms with Gasteiger partial charge < -0.3 is 10.5 Å². The average Bonchev–Trinajstić information content (AvgIpc) is 2.29. The van der Waals surface area contributed by atoms with E-state index in [1.165, 1.54) is 6.07 Å². The van der Waals surface area contributed by atoms with Crippen LogP contribution in [-0.2, 0) is 10.3 Å². The first-order valence-corrected chi connectivity index (χ1v) is 7.61. The number of ether oxygens (including phenoxy) is 1. The van der Waals surface area contributed by atoms with E-state index >= 15 is 0 Å². The van der Waals surface area contributed by atoms with Crippen LogP contribution in [0.1, 0.15) is 18.9 Å². The van der Waals surface area contributed by atoms with Gasteiger partial charge in [0.05, 0.1) is 23.5 Å². The Balaban J connectivity index is 2.06. The van der Waals surface area contributed by atoms with E-state index in [2.05, 4.69) is 20.9 Å². The highest BCUT2D eigenvalue weighted by atomic mass is 79.9. The predicted octanol–water partition coefficient (Wildman–Crippen LogP) is 3.02. The van der Waals surface area contributed by atoms with E-state index < -0.39 is 5.54 Å². The first-order valence-electron chi connectivity index (χ1n) is 6.00. The van der Waals surface area contributed by atoms with E-state index in [-0.39, 0.29) is 10.6 Å². The number of aliphatic imine (C=N–C) groups is 1. The second kappa shape index (κ2) is 4.46. The van der Waals surface area contributed by atoms with Gasteiger partial charge in [-0.3, -0.25) is 4.99 Å². The summed E-state index contributed by atoms with van der Waals surface area (Å²) in [5.74, 6) is -0.246. The lowest BCUT2D eigenvalue weighted by atomic mass is 9.81. The number of thioether (sulfide) groups is 1. The number of hydrogen-bond donors (Lipinski definition) is 1. The Bertz CT molecular complexity index is 562. The molecule has 0 saturated carbocycles. The fourth-order valence-electron chi connectivity index (χ4n) is 2.75. The molecule has 6 heteroatoms. The highest BCUT2D eigenvalue weighted by Gasteiger charge is 2.50. The fraction of sp³-hybridized carbons (Fsp3) is 0.462. The van der Waals surface area contributed by atoms with Crippen molar-refractivity contribution in [3.05, 3.63) is 34.1 Å². The van der Waals surface area contributed by atoms with E-state index in [1.54, 1.807) is 23.9 Å². The Morgan fingerprint density at radius 1 is 1.47 bits per heavy atom. The second-order valence-electron chi connectivity index (χ2n) is 5.30. The van der Waals surface area contributed by atoms with Crippen LogP contribution >= 0.6 is 27.7 Å². The zero-order valence-electron chi connectivity index (χ0n) is 10.5. The summed E-state index contributed by atoms with van der Waals surface area (Å²) < 4.78 is 20.2. The van der Waals surface area contributed by atoms with Crippen LogP contribution in [0.25, 0.3) is 0 Å². The molecule has 2 heterocycles. The molecule has 3 nitrogen and oxygen atoms in total. The summed E-state index contributed by atoms with van der Waals surface area (Å²) in [7, 11) is 0. The standard InChI is InChI=1S/C13H14BrFN2OS/c1-12(9-4-8(14)2-3-10(9)15)5-13(6-18-7-13)19-11(16)17-12/h2-4H,5-7H2,1H3,(H2,16,17)/t12-/m0/s1. The van der Waals surface area contributed by atoms with Gasteiger partial charge in [0.15, 0.2) is 5.17 Å². The minimum absolute atomic E-state index is 0.0463. The fourth-order valence-corrected chi connectivity index (χ4v) is 4.44. The summed E-state index contributed by atoms with van der Waals surface area (Å²) in [4.78, 5) is 4.50. The second-order valence-corrected chi connectivity index (χ2v) is 7.71. The van der Waals surface area contributed by atoms with Gasteiger partial charge in [0, 0.05) is 10.0 Å². The third-order valence-electron chi connectivity index (χ3n) is 3.58. The van der Waals surface area contributed by atoms with E-state index in [0.29, 0.717) is 23.9 Å². The zero-order valence-corrected chi connectivity index (χ0v) is 12.9. The molecule has 1 spiro atoms. The van der Waals surface area contributed by atoms with Crippen molar-refractivity contribution in [2.24, 2.45) is 10.7 Å². The van der Waals surface area contributed by atoms with Crippen LogP contribution in [0.3, 0.4) is 0 Å². The highest BCUT2D eigenvalue weighted by molar-refractivity contribution is 9.10. The van der Waals surface area contributed by atoms with Crippen LogP contribution in [0.5, 0.6) is 0 Å². The largest absolute Gasteiger partial charge is 0.378 e. The third-order valence-corrected chi connectivity index (χ3v) is 5.19. The van der Waals surface area contributed by atoms with Crippen molar-refractivity contribution in [2.75, 3.05) is 13.2 Å². The highest BCUT2D eigenvalue weighted by Crippen LogP contribution is 2.49. The Kier molecular flexibility index (Phi) is 3.15. The van der Waals surface area contributed by atoms with E-state index in [9.17, 15) is 4.39 Å². The molecule has 1 atom stereocenters. The summed E-state index contributed by atoms with van der Waals surface area (Å²) in [6, 6.07) is 4.94. The lowest BCUT2D eigenvalue weighted by molar-refractivity contribution is -0.0211. The monoisotopic (exact) mass is 344 g/mol. The van der Waals surface area contributed by atoms with Crippen LogP contribution in [0, 0.1) is 5.82 Å². The molecule has 0 unspecified atom stereocenters. The molecule has 0 amide bonds. The van der Waals surface area contributed by atoms with Crippen LogP contribution in [-0.4, -0.2) is 23.1 Å². The Hall–Kier alpha value is -0.590. The van der Waals surface area contributed by atoms with Crippen LogP contribution < -0.4 is 5.73 Å². The van der Waals surface area contributed by atoms with Gasteiger partial charge in [0.1, 0.15) is 5.82 Å². The molecule has 1 saturated heterocycles. The molecule has 2 aliphatic heterocycles. The van der Waals surface area contributed by atoms with Gasteiger partial charge in [0.25, 0.3) is 0 Å². The molecule has 3 rings (SSSR count). The molecule has 1 fully saturated rings. The number of benzene rings is 1. The van der Waals surface area contributed by atoms with Crippen molar-refractivity contribution in [1.29, 1.82) is 0 Å². The van der Waals surface area contributed by atoms with Crippen molar-refractivity contribution < 1.29 is 9.13 Å². The Morgan fingerprint density at radius 3 is 2.84 bits per heavy atom. The van der Waals surface area contributed by atoms with Crippen LogP contribution in [0.4, 0.5) is 4.39 Å². The van der Waals surface area contributed by atoms with Gasteiger partial charge in [0.2, 0.25) is 0 Å². The van der Waals surface area contributed by atoms with E-state index in [1.807, 2.05) is 6.92 Å². The summed E-state index contributed by atoms with van der Waals surface area (Å²) in [6.45, 7) is 3.24. The number of hydrogen-bond acceptors (Lipinski definition) is 4. The molecule has 0 aliphatic carbocycles. The first-order chi connectivity index (χ1) is 8.92. The van der Waals surface area contributed by atoms with E-state index in [0.717, 1.165) is 10.9 Å². The molecule has 0 bridgehead atoms. The zero-order chi connectivity index (χ0) is 13.7. The number of amidine groups is 1. The van der Waals surface area contributed by atoms with Crippen molar-refractivity contribution in [3.63, 3.8) is 0 Å².